The van der Waals surface area contributed by atoms with Crippen LogP contribution in [0.3, 0.4) is 0 Å². The Labute approximate surface area is 57.6 Å². The highest BCUT2D eigenvalue weighted by molar-refractivity contribution is 4.78. The number of hydrogen-bond acceptors (Lipinski definition) is 1. The summed E-state index contributed by atoms with van der Waals surface area (Å²) in [5.41, 5.74) is 0. The minimum atomic E-state index is -2.50. The SMILES string of the molecule is FC(F)C1CCNCC1F. The van der Waals surface area contributed by atoms with Crippen LogP contribution in [0.2, 0.25) is 0 Å². The fourth-order valence-corrected chi connectivity index (χ4v) is 1.12. The Morgan fingerprint density at radius 1 is 1.40 bits per heavy atom. The van der Waals surface area contributed by atoms with E-state index < -0.39 is 18.5 Å². The first-order valence-electron chi connectivity index (χ1n) is 3.34. The summed E-state index contributed by atoms with van der Waals surface area (Å²) < 4.78 is 36.4. The van der Waals surface area contributed by atoms with Crippen LogP contribution in [-0.4, -0.2) is 25.7 Å². The lowest BCUT2D eigenvalue weighted by Crippen LogP contribution is -2.41. The smallest absolute Gasteiger partial charge is 0.244 e. The molecule has 0 bridgehead atoms. The van der Waals surface area contributed by atoms with Crippen LogP contribution < -0.4 is 5.32 Å². The van der Waals surface area contributed by atoms with Crippen LogP contribution in [-0.2, 0) is 0 Å². The summed E-state index contributed by atoms with van der Waals surface area (Å²) in [7, 11) is 0. The molecule has 2 atom stereocenters. The average Bonchev–Trinajstić information content (AvgIpc) is 1.88. The lowest BCUT2D eigenvalue weighted by Gasteiger charge is -2.25. The number of hydrogen-bond donors (Lipinski definition) is 1. The van der Waals surface area contributed by atoms with Gasteiger partial charge < -0.3 is 5.32 Å². The van der Waals surface area contributed by atoms with Gasteiger partial charge in [-0.05, 0) is 13.0 Å². The minimum Gasteiger partial charge on any atom is -0.314 e. The number of alkyl halides is 3. The van der Waals surface area contributed by atoms with Crippen molar-refractivity contribution < 1.29 is 13.2 Å². The van der Waals surface area contributed by atoms with E-state index in [2.05, 4.69) is 5.32 Å². The van der Waals surface area contributed by atoms with E-state index in [1.165, 1.54) is 0 Å². The van der Waals surface area contributed by atoms with Crippen molar-refractivity contribution in [3.63, 3.8) is 0 Å². The summed E-state index contributed by atoms with van der Waals surface area (Å²) in [6, 6.07) is 0. The van der Waals surface area contributed by atoms with Gasteiger partial charge in [0, 0.05) is 6.54 Å². The Balaban J connectivity index is 2.40. The summed E-state index contributed by atoms with van der Waals surface area (Å²) in [5, 5.41) is 2.71. The quantitative estimate of drug-likeness (QED) is 0.596. The average molecular weight is 153 g/mol. The molecule has 1 saturated heterocycles. The van der Waals surface area contributed by atoms with Gasteiger partial charge in [-0.2, -0.15) is 0 Å². The normalized spacial score (nSPS) is 34.8. The summed E-state index contributed by atoms with van der Waals surface area (Å²) in [6.45, 7) is 0.588. The van der Waals surface area contributed by atoms with E-state index >= 15 is 0 Å². The fraction of sp³-hybridized carbons (Fsp3) is 1.00. The maximum absolute atomic E-state index is 12.6. The largest absolute Gasteiger partial charge is 0.314 e. The molecule has 1 rings (SSSR count). The van der Waals surface area contributed by atoms with Crippen molar-refractivity contribution in [2.24, 2.45) is 5.92 Å². The third kappa shape index (κ3) is 1.62. The molecule has 4 heteroatoms. The second-order valence-electron chi connectivity index (χ2n) is 2.51. The predicted octanol–water partition coefficient (Wildman–Crippen LogP) is 1.20. The van der Waals surface area contributed by atoms with Crippen LogP contribution in [0, 0.1) is 5.92 Å². The van der Waals surface area contributed by atoms with Gasteiger partial charge in [0.25, 0.3) is 0 Å². The molecule has 1 heterocycles. The fourth-order valence-electron chi connectivity index (χ4n) is 1.12. The lowest BCUT2D eigenvalue weighted by atomic mass is 9.97. The summed E-state index contributed by atoms with van der Waals surface area (Å²) >= 11 is 0. The molecule has 0 saturated carbocycles. The van der Waals surface area contributed by atoms with Crippen molar-refractivity contribution in [3.05, 3.63) is 0 Å². The van der Waals surface area contributed by atoms with Crippen molar-refractivity contribution in [1.82, 2.24) is 5.32 Å². The third-order valence-electron chi connectivity index (χ3n) is 1.78. The van der Waals surface area contributed by atoms with Crippen molar-refractivity contribution >= 4 is 0 Å². The molecule has 0 radical (unpaired) electrons. The lowest BCUT2D eigenvalue weighted by molar-refractivity contribution is 0.0130. The molecule has 0 amide bonds. The first kappa shape index (κ1) is 7.85. The molecule has 1 aliphatic rings. The van der Waals surface area contributed by atoms with E-state index in [9.17, 15) is 13.2 Å². The van der Waals surface area contributed by atoms with Gasteiger partial charge in [0.2, 0.25) is 6.43 Å². The molecule has 10 heavy (non-hydrogen) atoms. The van der Waals surface area contributed by atoms with Gasteiger partial charge >= 0.3 is 0 Å². The highest BCUT2D eigenvalue weighted by Crippen LogP contribution is 2.22. The molecule has 1 N–H and O–H groups in total. The number of nitrogens with one attached hydrogen (secondary N) is 1. The topological polar surface area (TPSA) is 12.0 Å². The zero-order chi connectivity index (χ0) is 7.56. The van der Waals surface area contributed by atoms with Gasteiger partial charge in [-0.25, -0.2) is 13.2 Å². The highest BCUT2D eigenvalue weighted by Gasteiger charge is 2.31. The first-order chi connectivity index (χ1) is 4.72. The van der Waals surface area contributed by atoms with Crippen LogP contribution in [0.1, 0.15) is 6.42 Å². The Bertz CT molecular complexity index is 107. The van der Waals surface area contributed by atoms with Gasteiger partial charge in [0.15, 0.2) is 0 Å². The third-order valence-corrected chi connectivity index (χ3v) is 1.78. The Kier molecular flexibility index (Phi) is 2.54. The number of halogens is 3. The molecule has 0 spiro atoms. The van der Waals surface area contributed by atoms with Crippen molar-refractivity contribution in [3.8, 4) is 0 Å². The van der Waals surface area contributed by atoms with Gasteiger partial charge in [-0.15, -0.1) is 0 Å². The molecule has 1 nitrogen and oxygen atoms in total. The van der Waals surface area contributed by atoms with Crippen LogP contribution >= 0.6 is 0 Å². The predicted molar refractivity (Wildman–Crippen MR) is 31.9 cm³/mol. The summed E-state index contributed by atoms with van der Waals surface area (Å²) in [6.07, 6.45) is -3.62. The number of piperidine rings is 1. The maximum atomic E-state index is 12.6. The maximum Gasteiger partial charge on any atom is 0.244 e. The van der Waals surface area contributed by atoms with Gasteiger partial charge in [-0.1, -0.05) is 0 Å². The molecular formula is C6H10F3N. The monoisotopic (exact) mass is 153 g/mol. The molecule has 1 fully saturated rings. The van der Waals surface area contributed by atoms with E-state index in [0.717, 1.165) is 0 Å². The highest BCUT2D eigenvalue weighted by atomic mass is 19.3. The van der Waals surface area contributed by atoms with Gasteiger partial charge in [-0.3, -0.25) is 0 Å². The van der Waals surface area contributed by atoms with Crippen LogP contribution in [0.15, 0.2) is 0 Å². The molecular weight excluding hydrogens is 143 g/mol. The zero-order valence-electron chi connectivity index (χ0n) is 5.49. The van der Waals surface area contributed by atoms with Crippen molar-refractivity contribution in [2.45, 2.75) is 19.0 Å². The second kappa shape index (κ2) is 3.23. The number of rotatable bonds is 1. The standard InChI is InChI=1S/C6H10F3N/c7-5-3-10-2-1-4(5)6(8)9/h4-6,10H,1-3H2. The van der Waals surface area contributed by atoms with Crippen LogP contribution in [0.25, 0.3) is 0 Å². The molecule has 0 aromatic heterocycles. The molecule has 2 unspecified atom stereocenters. The molecule has 0 aromatic rings. The van der Waals surface area contributed by atoms with E-state index in [-0.39, 0.29) is 13.0 Å². The zero-order valence-corrected chi connectivity index (χ0v) is 5.49. The van der Waals surface area contributed by atoms with E-state index in [1.54, 1.807) is 0 Å². The van der Waals surface area contributed by atoms with Crippen molar-refractivity contribution in [1.29, 1.82) is 0 Å². The molecule has 0 aliphatic carbocycles. The van der Waals surface area contributed by atoms with E-state index in [1.807, 2.05) is 0 Å². The molecule has 1 aliphatic heterocycles. The van der Waals surface area contributed by atoms with E-state index in [0.29, 0.717) is 6.54 Å². The minimum absolute atomic E-state index is 0.0784. The van der Waals surface area contributed by atoms with Crippen molar-refractivity contribution in [2.75, 3.05) is 13.1 Å². The van der Waals surface area contributed by atoms with Crippen LogP contribution in [0.5, 0.6) is 0 Å². The summed E-state index contributed by atoms with van der Waals surface area (Å²) in [5.74, 6) is -1.04. The second-order valence-corrected chi connectivity index (χ2v) is 2.51. The Morgan fingerprint density at radius 2 is 2.10 bits per heavy atom. The van der Waals surface area contributed by atoms with Crippen LogP contribution in [0.4, 0.5) is 13.2 Å². The van der Waals surface area contributed by atoms with Gasteiger partial charge in [0.1, 0.15) is 6.17 Å². The van der Waals surface area contributed by atoms with Gasteiger partial charge in [0.05, 0.1) is 5.92 Å². The Morgan fingerprint density at radius 3 is 2.50 bits per heavy atom. The summed E-state index contributed by atoms with van der Waals surface area (Å²) in [4.78, 5) is 0. The van der Waals surface area contributed by atoms with E-state index in [4.69, 9.17) is 0 Å². The first-order valence-corrected chi connectivity index (χ1v) is 3.34. The Hall–Kier alpha value is -0.250. The molecule has 60 valence electrons. The molecule has 0 aromatic carbocycles.